The van der Waals surface area contributed by atoms with Gasteiger partial charge in [0, 0.05) is 25.4 Å². The van der Waals surface area contributed by atoms with Gasteiger partial charge in [0.05, 0.1) is 60.6 Å². The van der Waals surface area contributed by atoms with E-state index in [9.17, 15) is 70.2 Å². The van der Waals surface area contributed by atoms with Gasteiger partial charge in [-0.05, 0) is 129 Å². The van der Waals surface area contributed by atoms with Crippen molar-refractivity contribution < 1.29 is 108 Å². The number of nitrogens with one attached hydrogen (secondary N) is 1. The molecule has 14 rings (SSSR count). The number of Topliss-reactive ketones (excluding diaryl/α,β-unsaturated/α-hetero) is 2. The van der Waals surface area contributed by atoms with E-state index in [2.05, 4.69) is 60.0 Å². The second-order valence-corrected chi connectivity index (χ2v) is 28.5. The first kappa shape index (κ1) is 63.4. The molecule has 11 N–H and O–H groups in total. The summed E-state index contributed by atoms with van der Waals surface area (Å²) in [6.45, 7) is 16.9. The van der Waals surface area contributed by atoms with Crippen molar-refractivity contribution >= 4 is 29.5 Å². The van der Waals surface area contributed by atoms with Gasteiger partial charge in [0.1, 0.15) is 36.6 Å². The van der Waals surface area contributed by atoms with Crippen molar-refractivity contribution in [2.75, 3.05) is 13.2 Å². The predicted octanol–water partition coefficient (Wildman–Crippen LogP) is 1.44. The van der Waals surface area contributed by atoms with Crippen LogP contribution >= 0.6 is 0 Å². The zero-order chi connectivity index (χ0) is 60.2. The molecule has 23 heteroatoms. The molecule has 0 radical (unpaired) electrons. The minimum Gasteiger partial charge on any atom is -0.481 e. The van der Waals surface area contributed by atoms with Gasteiger partial charge >= 0.3 is 17.9 Å². The summed E-state index contributed by atoms with van der Waals surface area (Å²) in [5, 5.41) is 112. The minimum atomic E-state index is -2.30. The fourth-order valence-corrected chi connectivity index (χ4v) is 17.5. The largest absolute Gasteiger partial charge is 0.481 e. The zero-order valence-corrected chi connectivity index (χ0v) is 48.8. The van der Waals surface area contributed by atoms with Crippen LogP contribution in [0.1, 0.15) is 152 Å². The lowest BCUT2D eigenvalue weighted by Gasteiger charge is -2.71. The summed E-state index contributed by atoms with van der Waals surface area (Å²) in [6, 6.07) is -1.72. The van der Waals surface area contributed by atoms with Crippen LogP contribution in [0.25, 0.3) is 0 Å². The van der Waals surface area contributed by atoms with Crippen LogP contribution in [0.5, 0.6) is 0 Å². The lowest BCUT2D eigenvalue weighted by atomic mass is 9.33. The third kappa shape index (κ3) is 11.1. The number of aliphatic hydroxyl groups excluding tert-OH is 8. The average Bonchev–Trinajstić information content (AvgIpc) is 0.730. The summed E-state index contributed by atoms with van der Waals surface area (Å²) in [5.74, 6) is -6.81. The number of allylic oxidation sites excluding steroid dienone is 2. The van der Waals surface area contributed by atoms with Crippen molar-refractivity contribution in [2.45, 2.75) is 256 Å². The highest BCUT2D eigenvalue weighted by Gasteiger charge is 2.71. The predicted molar refractivity (Wildman–Crippen MR) is 284 cm³/mol. The number of esters is 2. The van der Waals surface area contributed by atoms with E-state index >= 15 is 4.79 Å². The highest BCUT2D eigenvalue weighted by Crippen LogP contribution is 2.76. The van der Waals surface area contributed by atoms with Crippen LogP contribution in [0.3, 0.4) is 0 Å². The Morgan fingerprint density at radius 2 is 1.41 bits per heavy atom. The number of hydrogen-bond donors (Lipinski definition) is 11. The maximum Gasteiger partial charge on any atom is 0.315 e. The van der Waals surface area contributed by atoms with Crippen LogP contribution in [-0.4, -0.2) is 197 Å². The van der Waals surface area contributed by atoms with Crippen molar-refractivity contribution in [3.05, 3.63) is 11.6 Å². The molecule has 1 spiro atoms. The van der Waals surface area contributed by atoms with E-state index in [0.717, 1.165) is 19.8 Å². The van der Waals surface area contributed by atoms with Crippen LogP contribution in [-0.2, 0) is 57.2 Å². The summed E-state index contributed by atoms with van der Waals surface area (Å²) in [7, 11) is 0. The van der Waals surface area contributed by atoms with E-state index in [4.69, 9.17) is 33.3 Å². The molecule has 8 aliphatic heterocycles. The van der Waals surface area contributed by atoms with Crippen molar-refractivity contribution in [2.24, 2.45) is 56.2 Å². The van der Waals surface area contributed by atoms with Gasteiger partial charge in [-0.1, -0.05) is 60.1 Å². The molecule has 0 unspecified atom stereocenters. The molecule has 25 atom stereocenters. The molecule has 0 aromatic carbocycles. The standard InChI is InChI=1S/C59H91NO22/c1-27-46-44(72)45(73)50(77-27)80-48-42(70)34(64)26-76-51(48)81-52(74)59-18-16-53(2,3)21-30(59)29-10-12-37-56(7)23-33(63)49(54(4,5)36(56)14-15-58(37,9)57(29,8)17-19-59)78-35-20-28(25-61)40(68)43(71)47(35)82-60-31(11-13-38(65)66)41(69)32(62)22-55(6,75)24-39(67)79-46/h10,27-28,30-31,33-37,40,42-51,60-61,63-64,68,70-73,75H,11-26H2,1-9H3,(H,65,66)/t27-,28-,30+,31-,33-,34+,35+,36+,37-,40-,42-,43+,44-,45-,46-,47-,48+,49-,50+,51-,55-,56+,57+,58+,59-/m0/s1. The summed E-state index contributed by atoms with van der Waals surface area (Å²) in [4.78, 5) is 74.4. The summed E-state index contributed by atoms with van der Waals surface area (Å²) in [5.41, 5.74) is -1.82. The van der Waals surface area contributed by atoms with E-state index in [1.807, 2.05) is 0 Å². The average molecular weight is 1170 g/mol. The van der Waals surface area contributed by atoms with E-state index in [1.54, 1.807) is 0 Å². The number of aliphatic hydroxyl groups is 9. The highest BCUT2D eigenvalue weighted by atomic mass is 16.8. The Bertz CT molecular complexity index is 2450. The number of ether oxygens (including phenoxy) is 6. The Morgan fingerprint density at radius 1 is 0.732 bits per heavy atom. The number of rotatable bonds is 4. The van der Waals surface area contributed by atoms with Crippen molar-refractivity contribution in [3.63, 3.8) is 0 Å². The molecule has 9 fully saturated rings. The number of hydroxylamine groups is 1. The van der Waals surface area contributed by atoms with Gasteiger partial charge < -0.3 is 79.5 Å². The van der Waals surface area contributed by atoms with E-state index in [-0.39, 0.29) is 35.0 Å². The van der Waals surface area contributed by atoms with Crippen LogP contribution < -0.4 is 5.48 Å². The van der Waals surface area contributed by atoms with Crippen molar-refractivity contribution in [1.82, 2.24) is 5.48 Å². The second-order valence-electron chi connectivity index (χ2n) is 28.5. The molecule has 0 amide bonds. The molecular weight excluding hydrogens is 1070 g/mol. The second kappa shape index (κ2) is 22.9. The minimum absolute atomic E-state index is 0.0359. The molecule has 82 heavy (non-hydrogen) atoms. The maximum atomic E-state index is 15.3. The Morgan fingerprint density at radius 3 is 2.10 bits per heavy atom. The molecule has 8 heterocycles. The van der Waals surface area contributed by atoms with Gasteiger partial charge in [0.15, 0.2) is 18.5 Å². The number of carbonyl (C=O) groups excluding carboxylic acids is 4. The van der Waals surface area contributed by atoms with E-state index in [0.29, 0.717) is 44.9 Å². The lowest BCUT2D eigenvalue weighted by Crippen LogP contribution is -2.68. The first-order valence-corrected chi connectivity index (χ1v) is 29.6. The lowest BCUT2D eigenvalue weighted by molar-refractivity contribution is -0.351. The first-order valence-electron chi connectivity index (χ1n) is 29.6. The zero-order valence-electron chi connectivity index (χ0n) is 48.8. The topological polar surface area (TPSA) is 364 Å². The molecule has 464 valence electrons. The van der Waals surface area contributed by atoms with Gasteiger partial charge in [-0.15, -0.1) is 0 Å². The summed E-state index contributed by atoms with van der Waals surface area (Å²) >= 11 is 0. The van der Waals surface area contributed by atoms with Gasteiger partial charge in [0.25, 0.3) is 0 Å². The molecule has 4 saturated heterocycles. The summed E-state index contributed by atoms with van der Waals surface area (Å²) in [6.07, 6.45) is -18.5. The molecule has 5 saturated carbocycles. The number of hydrogen-bond acceptors (Lipinski definition) is 22. The number of ketones is 2. The van der Waals surface area contributed by atoms with Crippen molar-refractivity contribution in [3.8, 4) is 0 Å². The SMILES string of the molecule is C[C@@H]1O[C@@H]2O[C@H]3[C@@H](OC[C@@H](O)[C@@H]3O)OC(=O)[C@]34CCC(C)(C)C[C@@H]3C3=CC[C@H]5[C@]6(C)C[C@H](O)[C@H](O[C@@H]7C[C@@H](CO)[C@H](O)[C@@H](O)[C@H]7ON[C@@H](CCC(=O)O)C(=O)C(=O)C[C@](C)(O)CC(=O)O[C@@H]1[C@@H](O)[C@@H]2O)C(C)(C)[C@H]6CC[C@@]5(C)[C@]3(C)CC4. The van der Waals surface area contributed by atoms with Gasteiger partial charge in [0.2, 0.25) is 17.9 Å². The molecular formula is C59H91NO22. The molecule has 6 aliphatic carbocycles. The third-order valence-electron chi connectivity index (χ3n) is 22.2. The van der Waals surface area contributed by atoms with Gasteiger partial charge in [-0.2, -0.15) is 5.48 Å². The number of carboxylic acids is 1. The maximum absolute atomic E-state index is 15.3. The van der Waals surface area contributed by atoms with E-state index in [1.165, 1.54) is 12.5 Å². The third-order valence-corrected chi connectivity index (χ3v) is 22.2. The quantitative estimate of drug-likeness (QED) is 0.108. The van der Waals surface area contributed by atoms with E-state index < -0.39 is 200 Å². The number of carboxylic acid groups (broad SMARTS) is 1. The molecule has 14 aliphatic rings. The number of carbonyl (C=O) groups is 5. The van der Waals surface area contributed by atoms with Crippen molar-refractivity contribution in [1.29, 1.82) is 0 Å². The number of aliphatic carboxylic acids is 1. The highest BCUT2D eigenvalue weighted by molar-refractivity contribution is 6.39. The fourth-order valence-electron chi connectivity index (χ4n) is 17.5. The van der Waals surface area contributed by atoms with Crippen LogP contribution in [0.4, 0.5) is 0 Å². The smallest absolute Gasteiger partial charge is 0.315 e. The van der Waals surface area contributed by atoms with Crippen LogP contribution in [0, 0.1) is 56.2 Å². The normalized spacial score (nSPS) is 50.2. The van der Waals surface area contributed by atoms with Crippen LogP contribution in [0.2, 0.25) is 0 Å². The first-order chi connectivity index (χ1) is 38.1. The van der Waals surface area contributed by atoms with Gasteiger partial charge in [-0.3, -0.25) is 28.8 Å². The fraction of sp³-hybridized carbons (Fsp3) is 0.881. The van der Waals surface area contributed by atoms with Gasteiger partial charge in [-0.25, -0.2) is 0 Å². The monoisotopic (exact) mass is 1170 g/mol. The molecule has 23 nitrogen and oxygen atoms in total. The molecule has 0 aromatic rings. The Balaban J connectivity index is 1.09. The molecule has 10 bridgehead atoms. The van der Waals surface area contributed by atoms with Crippen LogP contribution in [0.15, 0.2) is 11.6 Å². The molecule has 0 aromatic heterocycles. The Labute approximate surface area is 478 Å². The Hall–Kier alpha value is -3.11. The Kier molecular flexibility index (Phi) is 17.7. The summed E-state index contributed by atoms with van der Waals surface area (Å²) < 4.78 is 36.7.